The minimum absolute atomic E-state index is 0.0361. The van der Waals surface area contributed by atoms with Gasteiger partial charge in [0.15, 0.2) is 10.9 Å². The number of ether oxygens (including phenoxy) is 1. The molecule has 0 saturated carbocycles. The van der Waals surface area contributed by atoms with E-state index in [0.717, 1.165) is 12.1 Å². The van der Waals surface area contributed by atoms with Gasteiger partial charge in [0.2, 0.25) is 11.7 Å². The van der Waals surface area contributed by atoms with Crippen molar-refractivity contribution in [3.8, 4) is 23.0 Å². The highest BCUT2D eigenvalue weighted by Gasteiger charge is 2.21. The van der Waals surface area contributed by atoms with Gasteiger partial charge in [-0.15, -0.1) is 10.2 Å². The third-order valence-electron chi connectivity index (χ3n) is 3.61. The van der Waals surface area contributed by atoms with E-state index in [9.17, 15) is 4.79 Å². The molecule has 0 saturated heterocycles. The van der Waals surface area contributed by atoms with E-state index >= 15 is 0 Å². The monoisotopic (exact) mass is 372 g/mol. The van der Waals surface area contributed by atoms with Crippen LogP contribution >= 0.6 is 11.8 Å². The Balaban J connectivity index is 1.96. The average molecular weight is 372 g/mol. The molecule has 3 rings (SSSR count). The number of hydrogen-bond acceptors (Lipinski definition) is 6. The Hall–Kier alpha value is -2.74. The van der Waals surface area contributed by atoms with Crippen LogP contribution in [-0.4, -0.2) is 40.1 Å². The summed E-state index contributed by atoms with van der Waals surface area (Å²) in [7, 11) is 1.61. The van der Waals surface area contributed by atoms with Crippen molar-refractivity contribution in [2.45, 2.75) is 18.5 Å². The molecule has 0 aliphatic carbocycles. The standard InChI is InChI=1S/C18H20N4O3S/c1-3-10-19-16(23)12-26-18-21-20-17(15-9-6-11-25-15)22(18)13-7-4-5-8-14(13)24-2/h4-9,11H,3,10,12H2,1-2H3,(H,19,23). The summed E-state index contributed by atoms with van der Waals surface area (Å²) in [6.07, 6.45) is 2.48. The molecule has 1 aromatic carbocycles. The first-order chi connectivity index (χ1) is 12.7. The second-order valence-corrected chi connectivity index (χ2v) is 6.37. The first kappa shape index (κ1) is 18.1. The van der Waals surface area contributed by atoms with Crippen molar-refractivity contribution >= 4 is 17.7 Å². The van der Waals surface area contributed by atoms with Crippen molar-refractivity contribution in [2.75, 3.05) is 19.4 Å². The van der Waals surface area contributed by atoms with Crippen molar-refractivity contribution in [3.05, 3.63) is 42.7 Å². The highest BCUT2D eigenvalue weighted by molar-refractivity contribution is 7.99. The van der Waals surface area contributed by atoms with Gasteiger partial charge in [-0.2, -0.15) is 0 Å². The largest absolute Gasteiger partial charge is 0.495 e. The van der Waals surface area contributed by atoms with Crippen LogP contribution in [-0.2, 0) is 4.79 Å². The number of aromatic nitrogens is 3. The number of amides is 1. The lowest BCUT2D eigenvalue weighted by molar-refractivity contribution is -0.118. The van der Waals surface area contributed by atoms with Crippen LogP contribution in [0.4, 0.5) is 0 Å². The maximum atomic E-state index is 11.9. The van der Waals surface area contributed by atoms with Gasteiger partial charge in [-0.25, -0.2) is 0 Å². The maximum absolute atomic E-state index is 11.9. The molecule has 0 radical (unpaired) electrons. The number of carbonyl (C=O) groups is 1. The lowest BCUT2D eigenvalue weighted by Gasteiger charge is -2.13. The number of rotatable bonds is 8. The molecule has 0 aliphatic rings. The molecule has 2 aromatic heterocycles. The number of nitrogens with one attached hydrogen (secondary N) is 1. The highest BCUT2D eigenvalue weighted by Crippen LogP contribution is 2.32. The Kier molecular flexibility index (Phi) is 5.96. The van der Waals surface area contributed by atoms with Gasteiger partial charge in [-0.1, -0.05) is 30.8 Å². The Bertz CT molecular complexity index is 861. The van der Waals surface area contributed by atoms with Crippen molar-refractivity contribution in [1.29, 1.82) is 0 Å². The maximum Gasteiger partial charge on any atom is 0.230 e. The molecule has 26 heavy (non-hydrogen) atoms. The van der Waals surface area contributed by atoms with E-state index in [1.807, 2.05) is 41.8 Å². The Morgan fingerprint density at radius 1 is 1.27 bits per heavy atom. The minimum atomic E-state index is -0.0361. The van der Waals surface area contributed by atoms with Gasteiger partial charge in [0.05, 0.1) is 24.8 Å². The van der Waals surface area contributed by atoms with E-state index in [4.69, 9.17) is 9.15 Å². The van der Waals surface area contributed by atoms with Crippen LogP contribution in [0.1, 0.15) is 13.3 Å². The van der Waals surface area contributed by atoms with E-state index in [1.54, 1.807) is 19.4 Å². The number of carbonyl (C=O) groups excluding carboxylic acids is 1. The van der Waals surface area contributed by atoms with Gasteiger partial charge >= 0.3 is 0 Å². The normalized spacial score (nSPS) is 10.7. The first-order valence-electron chi connectivity index (χ1n) is 8.26. The molecule has 136 valence electrons. The van der Waals surface area contributed by atoms with E-state index in [2.05, 4.69) is 15.5 Å². The van der Waals surface area contributed by atoms with Crippen LogP contribution in [0.3, 0.4) is 0 Å². The van der Waals surface area contributed by atoms with Crippen molar-refractivity contribution in [3.63, 3.8) is 0 Å². The zero-order valence-corrected chi connectivity index (χ0v) is 15.5. The highest BCUT2D eigenvalue weighted by atomic mass is 32.2. The van der Waals surface area contributed by atoms with Crippen LogP contribution in [0.15, 0.2) is 52.2 Å². The molecule has 0 fully saturated rings. The molecular formula is C18H20N4O3S. The Labute approximate surface area is 155 Å². The SMILES string of the molecule is CCCNC(=O)CSc1nnc(-c2ccco2)n1-c1ccccc1OC. The van der Waals surface area contributed by atoms with Gasteiger partial charge in [0, 0.05) is 6.54 Å². The predicted molar refractivity (Wildman–Crippen MR) is 99.6 cm³/mol. The minimum Gasteiger partial charge on any atom is -0.495 e. The molecule has 0 spiro atoms. The van der Waals surface area contributed by atoms with E-state index in [-0.39, 0.29) is 11.7 Å². The summed E-state index contributed by atoms with van der Waals surface area (Å²) in [6.45, 7) is 2.68. The number of thioether (sulfide) groups is 1. The summed E-state index contributed by atoms with van der Waals surface area (Å²) in [5, 5.41) is 12.0. The number of methoxy groups -OCH3 is 1. The van der Waals surface area contributed by atoms with Crippen molar-refractivity contribution < 1.29 is 13.9 Å². The van der Waals surface area contributed by atoms with Crippen LogP contribution in [0.2, 0.25) is 0 Å². The van der Waals surface area contributed by atoms with Crippen molar-refractivity contribution in [2.24, 2.45) is 0 Å². The molecule has 8 heteroatoms. The summed E-state index contributed by atoms with van der Waals surface area (Å²) in [6, 6.07) is 11.2. The van der Waals surface area contributed by atoms with Gasteiger partial charge < -0.3 is 14.5 Å². The molecule has 1 amide bonds. The fourth-order valence-corrected chi connectivity index (χ4v) is 3.18. The third-order valence-corrected chi connectivity index (χ3v) is 4.53. The number of hydrogen-bond donors (Lipinski definition) is 1. The molecule has 3 aromatic rings. The van der Waals surface area contributed by atoms with Crippen LogP contribution < -0.4 is 10.1 Å². The molecule has 0 unspecified atom stereocenters. The zero-order valence-electron chi connectivity index (χ0n) is 14.6. The molecule has 0 atom stereocenters. The fraction of sp³-hybridized carbons (Fsp3) is 0.278. The number of nitrogens with zero attached hydrogens (tertiary/aromatic N) is 3. The van der Waals surface area contributed by atoms with Crippen LogP contribution in [0.25, 0.3) is 17.3 Å². The molecule has 2 heterocycles. The number of para-hydroxylation sites is 2. The zero-order chi connectivity index (χ0) is 18.4. The number of furan rings is 1. The first-order valence-corrected chi connectivity index (χ1v) is 9.25. The average Bonchev–Trinajstić information content (AvgIpc) is 3.33. The van der Waals surface area contributed by atoms with Gasteiger partial charge in [0.25, 0.3) is 0 Å². The van der Waals surface area contributed by atoms with Crippen molar-refractivity contribution in [1.82, 2.24) is 20.1 Å². The van der Waals surface area contributed by atoms with Crippen LogP contribution in [0, 0.1) is 0 Å². The molecule has 7 nitrogen and oxygen atoms in total. The summed E-state index contributed by atoms with van der Waals surface area (Å²) < 4.78 is 12.8. The van der Waals surface area contributed by atoms with Gasteiger partial charge in [-0.05, 0) is 30.7 Å². The third kappa shape index (κ3) is 3.91. The molecule has 1 N–H and O–H groups in total. The summed E-state index contributed by atoms with van der Waals surface area (Å²) >= 11 is 1.32. The summed E-state index contributed by atoms with van der Waals surface area (Å²) in [5.74, 6) is 2.04. The van der Waals surface area contributed by atoms with E-state index < -0.39 is 0 Å². The molecular weight excluding hydrogens is 352 g/mol. The number of benzene rings is 1. The van der Waals surface area contributed by atoms with E-state index in [1.165, 1.54) is 11.8 Å². The van der Waals surface area contributed by atoms with Gasteiger partial charge in [0.1, 0.15) is 5.75 Å². The second kappa shape index (κ2) is 8.57. The lowest BCUT2D eigenvalue weighted by Crippen LogP contribution is -2.25. The second-order valence-electron chi connectivity index (χ2n) is 5.43. The predicted octanol–water partition coefficient (Wildman–Crippen LogP) is 3.15. The Morgan fingerprint density at radius 3 is 2.85 bits per heavy atom. The fourth-order valence-electron chi connectivity index (χ4n) is 2.41. The molecule has 0 bridgehead atoms. The van der Waals surface area contributed by atoms with Crippen LogP contribution in [0.5, 0.6) is 5.75 Å². The lowest BCUT2D eigenvalue weighted by atomic mass is 10.3. The topological polar surface area (TPSA) is 82.2 Å². The summed E-state index contributed by atoms with van der Waals surface area (Å²) in [4.78, 5) is 11.9. The smallest absolute Gasteiger partial charge is 0.230 e. The Morgan fingerprint density at radius 2 is 2.12 bits per heavy atom. The van der Waals surface area contributed by atoms with E-state index in [0.29, 0.717) is 29.0 Å². The molecule has 0 aliphatic heterocycles. The van der Waals surface area contributed by atoms with Gasteiger partial charge in [-0.3, -0.25) is 9.36 Å². The summed E-state index contributed by atoms with van der Waals surface area (Å²) in [5.41, 5.74) is 0.780. The quantitative estimate of drug-likeness (QED) is 0.612.